The van der Waals surface area contributed by atoms with E-state index in [1.807, 2.05) is 49.4 Å². The van der Waals surface area contributed by atoms with Gasteiger partial charge >= 0.3 is 0 Å². The molecule has 0 unspecified atom stereocenters. The van der Waals surface area contributed by atoms with E-state index >= 15 is 0 Å². The lowest BCUT2D eigenvalue weighted by Gasteiger charge is -2.01. The molecule has 0 bridgehead atoms. The Hall–Kier alpha value is -2.14. The van der Waals surface area contributed by atoms with Gasteiger partial charge in [-0.1, -0.05) is 44.8 Å². The van der Waals surface area contributed by atoms with Gasteiger partial charge in [0, 0.05) is 15.7 Å². The van der Waals surface area contributed by atoms with Crippen molar-refractivity contribution in [3.8, 4) is 22.8 Å². The molecule has 100 valence electrons. The molecule has 4 nitrogen and oxygen atoms in total. The van der Waals surface area contributed by atoms with Crippen LogP contribution in [-0.2, 0) is 0 Å². The SMILES string of the molecule is Cc1ccc(N)c(-c2nc(-c3ccccc3Br)no2)c1. The van der Waals surface area contributed by atoms with Gasteiger partial charge in [0.05, 0.1) is 5.56 Å². The number of anilines is 1. The highest BCUT2D eigenvalue weighted by Gasteiger charge is 2.14. The van der Waals surface area contributed by atoms with Crippen LogP contribution in [0.3, 0.4) is 0 Å². The molecule has 0 saturated heterocycles. The van der Waals surface area contributed by atoms with Gasteiger partial charge in [0.15, 0.2) is 0 Å². The van der Waals surface area contributed by atoms with Crippen LogP contribution in [0.25, 0.3) is 22.8 Å². The maximum absolute atomic E-state index is 5.96. The first-order valence-corrected chi connectivity index (χ1v) is 6.89. The van der Waals surface area contributed by atoms with Crippen molar-refractivity contribution < 1.29 is 4.52 Å². The molecule has 0 fully saturated rings. The Bertz CT molecular complexity index is 767. The predicted octanol–water partition coefficient (Wildman–Crippen LogP) is 4.06. The van der Waals surface area contributed by atoms with Crippen molar-refractivity contribution in [1.82, 2.24) is 10.1 Å². The molecule has 0 atom stereocenters. The first-order valence-electron chi connectivity index (χ1n) is 6.10. The summed E-state index contributed by atoms with van der Waals surface area (Å²) in [6.07, 6.45) is 0. The minimum absolute atomic E-state index is 0.428. The predicted molar refractivity (Wildman–Crippen MR) is 82.0 cm³/mol. The van der Waals surface area contributed by atoms with Gasteiger partial charge in [-0.3, -0.25) is 0 Å². The fraction of sp³-hybridized carbons (Fsp3) is 0.0667. The number of nitrogens with two attached hydrogens (primary N) is 1. The van der Waals surface area contributed by atoms with Gasteiger partial charge in [-0.05, 0) is 31.2 Å². The monoisotopic (exact) mass is 329 g/mol. The average Bonchev–Trinajstić information content (AvgIpc) is 2.91. The zero-order valence-corrected chi connectivity index (χ0v) is 12.4. The van der Waals surface area contributed by atoms with Crippen molar-refractivity contribution in [2.75, 3.05) is 5.73 Å². The van der Waals surface area contributed by atoms with Crippen LogP contribution in [0.2, 0.25) is 0 Å². The summed E-state index contributed by atoms with van der Waals surface area (Å²) in [4.78, 5) is 4.43. The van der Waals surface area contributed by atoms with Crippen molar-refractivity contribution >= 4 is 21.6 Å². The van der Waals surface area contributed by atoms with Crippen LogP contribution in [0, 0.1) is 6.92 Å². The van der Waals surface area contributed by atoms with Crippen molar-refractivity contribution in [3.05, 3.63) is 52.5 Å². The van der Waals surface area contributed by atoms with E-state index in [1.54, 1.807) is 0 Å². The van der Waals surface area contributed by atoms with E-state index < -0.39 is 0 Å². The molecule has 0 spiro atoms. The van der Waals surface area contributed by atoms with E-state index in [0.29, 0.717) is 17.4 Å². The van der Waals surface area contributed by atoms with E-state index in [0.717, 1.165) is 21.2 Å². The summed E-state index contributed by atoms with van der Waals surface area (Å²) in [5.74, 6) is 0.963. The molecular weight excluding hydrogens is 318 g/mol. The fourth-order valence-electron chi connectivity index (χ4n) is 1.94. The number of nitrogen functional groups attached to an aromatic ring is 1. The van der Waals surface area contributed by atoms with Gasteiger partial charge in [-0.15, -0.1) is 0 Å². The van der Waals surface area contributed by atoms with Crippen molar-refractivity contribution in [1.29, 1.82) is 0 Å². The molecule has 3 aromatic rings. The number of benzene rings is 2. The topological polar surface area (TPSA) is 64.9 Å². The van der Waals surface area contributed by atoms with Crippen LogP contribution >= 0.6 is 15.9 Å². The molecule has 0 amide bonds. The van der Waals surface area contributed by atoms with Crippen LogP contribution in [0.5, 0.6) is 0 Å². The summed E-state index contributed by atoms with van der Waals surface area (Å²) in [6.45, 7) is 1.99. The summed E-state index contributed by atoms with van der Waals surface area (Å²) in [7, 11) is 0. The average molecular weight is 330 g/mol. The zero-order valence-electron chi connectivity index (χ0n) is 10.8. The third kappa shape index (κ3) is 2.32. The molecule has 3 rings (SSSR count). The molecule has 20 heavy (non-hydrogen) atoms. The number of nitrogens with zero attached hydrogens (tertiary/aromatic N) is 2. The highest BCUT2D eigenvalue weighted by molar-refractivity contribution is 9.10. The van der Waals surface area contributed by atoms with Gasteiger partial charge in [-0.25, -0.2) is 0 Å². The number of aryl methyl sites for hydroxylation is 1. The Kier molecular flexibility index (Phi) is 3.28. The lowest BCUT2D eigenvalue weighted by Crippen LogP contribution is -1.91. The quantitative estimate of drug-likeness (QED) is 0.720. The number of rotatable bonds is 2. The molecule has 5 heteroatoms. The second-order valence-corrected chi connectivity index (χ2v) is 5.35. The number of aromatic nitrogens is 2. The zero-order chi connectivity index (χ0) is 14.1. The molecule has 2 N–H and O–H groups in total. The van der Waals surface area contributed by atoms with Crippen LogP contribution < -0.4 is 5.73 Å². The summed E-state index contributed by atoms with van der Waals surface area (Å²) in [5, 5.41) is 4.02. The standard InChI is InChI=1S/C15H12BrN3O/c1-9-6-7-13(17)11(8-9)15-18-14(19-20-15)10-4-2-3-5-12(10)16/h2-8H,17H2,1H3. The van der Waals surface area contributed by atoms with Gasteiger partial charge in [0.2, 0.25) is 5.82 Å². The Labute approximate surface area is 124 Å². The second kappa shape index (κ2) is 5.09. The summed E-state index contributed by atoms with van der Waals surface area (Å²) in [6, 6.07) is 13.5. The van der Waals surface area contributed by atoms with E-state index in [4.69, 9.17) is 10.3 Å². The molecule has 0 radical (unpaired) electrons. The minimum Gasteiger partial charge on any atom is -0.398 e. The second-order valence-electron chi connectivity index (χ2n) is 4.49. The largest absolute Gasteiger partial charge is 0.398 e. The highest BCUT2D eigenvalue weighted by atomic mass is 79.9. The molecular formula is C15H12BrN3O. The molecule has 1 aromatic heterocycles. The first-order chi connectivity index (χ1) is 9.65. The van der Waals surface area contributed by atoms with Crippen molar-refractivity contribution in [2.24, 2.45) is 0 Å². The Morgan fingerprint density at radius 1 is 1.10 bits per heavy atom. The van der Waals surface area contributed by atoms with E-state index in [2.05, 4.69) is 26.1 Å². The van der Waals surface area contributed by atoms with Gasteiger partial charge < -0.3 is 10.3 Å². The van der Waals surface area contributed by atoms with Gasteiger partial charge in [0.25, 0.3) is 5.89 Å². The lowest BCUT2D eigenvalue weighted by atomic mass is 10.1. The van der Waals surface area contributed by atoms with Gasteiger partial charge in [0.1, 0.15) is 0 Å². The number of hydrogen-bond acceptors (Lipinski definition) is 4. The third-order valence-electron chi connectivity index (χ3n) is 2.98. The number of hydrogen-bond donors (Lipinski definition) is 1. The molecule has 0 aliphatic heterocycles. The first kappa shape index (κ1) is 12.9. The smallest absolute Gasteiger partial charge is 0.260 e. The third-order valence-corrected chi connectivity index (χ3v) is 3.67. The fourth-order valence-corrected chi connectivity index (χ4v) is 2.40. The highest BCUT2D eigenvalue weighted by Crippen LogP contribution is 2.30. The van der Waals surface area contributed by atoms with Crippen molar-refractivity contribution in [3.63, 3.8) is 0 Å². The van der Waals surface area contributed by atoms with E-state index in [9.17, 15) is 0 Å². The molecule has 1 heterocycles. The minimum atomic E-state index is 0.428. The van der Waals surface area contributed by atoms with Crippen LogP contribution in [-0.4, -0.2) is 10.1 Å². The van der Waals surface area contributed by atoms with Crippen LogP contribution in [0.15, 0.2) is 51.5 Å². The Morgan fingerprint density at radius 2 is 1.90 bits per heavy atom. The number of halogens is 1. The Morgan fingerprint density at radius 3 is 2.70 bits per heavy atom. The maximum atomic E-state index is 5.96. The normalized spacial score (nSPS) is 10.7. The maximum Gasteiger partial charge on any atom is 0.260 e. The molecule has 0 aliphatic rings. The van der Waals surface area contributed by atoms with E-state index in [1.165, 1.54) is 0 Å². The Balaban J connectivity index is 2.07. The molecule has 0 aliphatic carbocycles. The molecule has 0 saturated carbocycles. The van der Waals surface area contributed by atoms with Gasteiger partial charge in [-0.2, -0.15) is 4.98 Å². The summed E-state index contributed by atoms with van der Waals surface area (Å²) in [5.41, 5.74) is 9.32. The van der Waals surface area contributed by atoms with E-state index in [-0.39, 0.29) is 0 Å². The summed E-state index contributed by atoms with van der Waals surface area (Å²) >= 11 is 3.48. The summed E-state index contributed by atoms with van der Waals surface area (Å²) < 4.78 is 6.25. The lowest BCUT2D eigenvalue weighted by molar-refractivity contribution is 0.432. The van der Waals surface area contributed by atoms with Crippen LogP contribution in [0.1, 0.15) is 5.56 Å². The van der Waals surface area contributed by atoms with Crippen molar-refractivity contribution in [2.45, 2.75) is 6.92 Å². The van der Waals surface area contributed by atoms with Crippen LogP contribution in [0.4, 0.5) is 5.69 Å². The molecule has 2 aromatic carbocycles.